The Morgan fingerprint density at radius 3 is 2.15 bits per heavy atom. The lowest BCUT2D eigenvalue weighted by Crippen LogP contribution is -2.54. The van der Waals surface area contributed by atoms with Gasteiger partial charge in [0.05, 0.1) is 28.3 Å². The number of piperazine rings is 1. The first-order valence-electron chi connectivity index (χ1n) is 20.5. The van der Waals surface area contributed by atoms with Gasteiger partial charge in [-0.05, 0) is 99.1 Å². The summed E-state index contributed by atoms with van der Waals surface area (Å²) in [7, 11) is 0. The summed E-state index contributed by atoms with van der Waals surface area (Å²) in [5.74, 6) is -1.44. The van der Waals surface area contributed by atoms with Crippen LogP contribution in [0.15, 0.2) is 54.7 Å². The Hall–Kier alpha value is -5.86. The van der Waals surface area contributed by atoms with E-state index in [9.17, 15) is 37.1 Å². The molecule has 8 rings (SSSR count). The number of hydrogen-bond donors (Lipinski definition) is 2. The molecule has 0 saturated carbocycles. The maximum Gasteiger partial charge on any atom is 0.417 e. The number of rotatable bonds is 9. The maximum absolute atomic E-state index is 13.5. The third-order valence-corrected chi connectivity index (χ3v) is 12.5. The Labute approximate surface area is 345 Å². The van der Waals surface area contributed by atoms with E-state index in [2.05, 4.69) is 30.3 Å². The fraction of sp³-hybridized carbons (Fsp3) is 0.465. The SMILES string of the molecule is N#Cc1ccc(N2CCC(C(=O)Nc3ccc(CN4CCC(CN5CCN(c6ccc7c(c6)C(=O)N(C6CCC(=O)NC6=O)C7=O)CC5)CC4)cn3)CC2)cc1C(F)(F)F. The molecule has 5 aliphatic heterocycles. The number of amides is 5. The van der Waals surface area contributed by atoms with Gasteiger partial charge in [0.15, 0.2) is 0 Å². The number of imide groups is 2. The van der Waals surface area contributed by atoms with E-state index in [0.717, 1.165) is 87.4 Å². The fourth-order valence-corrected chi connectivity index (χ4v) is 9.08. The molecular weight excluding hydrogens is 780 g/mol. The molecule has 1 atom stereocenters. The summed E-state index contributed by atoms with van der Waals surface area (Å²) in [4.78, 5) is 77.9. The van der Waals surface area contributed by atoms with Crippen molar-refractivity contribution in [2.45, 2.75) is 57.3 Å². The van der Waals surface area contributed by atoms with Crippen LogP contribution in [0.3, 0.4) is 0 Å². The van der Waals surface area contributed by atoms with Crippen LogP contribution in [0.1, 0.15) is 75.9 Å². The largest absolute Gasteiger partial charge is 0.417 e. The average Bonchev–Trinajstić information content (AvgIpc) is 3.49. The van der Waals surface area contributed by atoms with Gasteiger partial charge in [-0.25, -0.2) is 4.98 Å². The van der Waals surface area contributed by atoms with Crippen molar-refractivity contribution in [1.82, 2.24) is 25.0 Å². The van der Waals surface area contributed by atoms with Crippen molar-refractivity contribution in [1.29, 1.82) is 5.26 Å². The van der Waals surface area contributed by atoms with Crippen molar-refractivity contribution >= 4 is 46.7 Å². The average molecular weight is 826 g/mol. The van der Waals surface area contributed by atoms with Crippen LogP contribution in [0.4, 0.5) is 30.4 Å². The lowest BCUT2D eigenvalue weighted by Gasteiger charge is -2.39. The number of halogens is 3. The van der Waals surface area contributed by atoms with E-state index >= 15 is 0 Å². The number of nitriles is 1. The Kier molecular flexibility index (Phi) is 11.6. The van der Waals surface area contributed by atoms with Crippen molar-refractivity contribution in [2.24, 2.45) is 11.8 Å². The van der Waals surface area contributed by atoms with Crippen LogP contribution in [0.5, 0.6) is 0 Å². The van der Waals surface area contributed by atoms with Crippen LogP contribution < -0.4 is 20.4 Å². The second kappa shape index (κ2) is 17.0. The monoisotopic (exact) mass is 825 g/mol. The summed E-state index contributed by atoms with van der Waals surface area (Å²) in [5, 5.41) is 14.2. The molecule has 17 heteroatoms. The summed E-state index contributed by atoms with van der Waals surface area (Å²) in [5.41, 5.74) is 1.51. The molecule has 1 aromatic heterocycles. The molecule has 0 radical (unpaired) electrons. The minimum absolute atomic E-state index is 0.0796. The zero-order valence-electron chi connectivity index (χ0n) is 33.0. The number of hydrogen-bond acceptors (Lipinski definition) is 11. The number of alkyl halides is 3. The van der Waals surface area contributed by atoms with Gasteiger partial charge in [-0.3, -0.25) is 44.0 Å². The number of pyridine rings is 1. The van der Waals surface area contributed by atoms with Gasteiger partial charge in [0.1, 0.15) is 11.9 Å². The topological polar surface area (TPSA) is 162 Å². The first-order valence-corrected chi connectivity index (χ1v) is 20.5. The summed E-state index contributed by atoms with van der Waals surface area (Å²) in [6.07, 6.45) is 0.495. The number of likely N-dealkylation sites (tertiary alicyclic amines) is 1. The van der Waals surface area contributed by atoms with E-state index in [4.69, 9.17) is 5.26 Å². The molecule has 6 heterocycles. The molecule has 1 unspecified atom stereocenters. The molecule has 0 bridgehead atoms. The Balaban J connectivity index is 0.745. The zero-order valence-corrected chi connectivity index (χ0v) is 33.0. The van der Waals surface area contributed by atoms with E-state index in [1.54, 1.807) is 30.5 Å². The fourth-order valence-electron chi connectivity index (χ4n) is 9.08. The van der Waals surface area contributed by atoms with Crippen LogP contribution in [0.2, 0.25) is 0 Å². The molecule has 60 heavy (non-hydrogen) atoms. The van der Waals surface area contributed by atoms with Crippen LogP contribution >= 0.6 is 0 Å². The molecule has 4 saturated heterocycles. The van der Waals surface area contributed by atoms with Crippen LogP contribution in [-0.2, 0) is 27.1 Å². The lowest BCUT2D eigenvalue weighted by molar-refractivity contribution is -0.138. The third-order valence-electron chi connectivity index (χ3n) is 12.5. The lowest BCUT2D eigenvalue weighted by atomic mass is 9.95. The zero-order chi connectivity index (χ0) is 42.1. The molecule has 4 fully saturated rings. The highest BCUT2D eigenvalue weighted by Crippen LogP contribution is 2.36. The van der Waals surface area contributed by atoms with Gasteiger partial charge >= 0.3 is 6.18 Å². The molecule has 5 aliphatic rings. The summed E-state index contributed by atoms with van der Waals surface area (Å²) in [6, 6.07) is 13.4. The van der Waals surface area contributed by atoms with Gasteiger partial charge in [0.25, 0.3) is 11.8 Å². The van der Waals surface area contributed by atoms with Gasteiger partial charge in [-0.2, -0.15) is 18.4 Å². The van der Waals surface area contributed by atoms with Crippen LogP contribution in [0, 0.1) is 23.2 Å². The number of benzene rings is 2. The number of carbonyl (C=O) groups is 5. The van der Waals surface area contributed by atoms with Crippen LogP contribution in [0.25, 0.3) is 0 Å². The van der Waals surface area contributed by atoms with Gasteiger partial charge in [0.2, 0.25) is 17.7 Å². The van der Waals surface area contributed by atoms with Gasteiger partial charge in [-0.15, -0.1) is 0 Å². The standard InChI is InChI=1S/C43H46F3N9O5/c44-43(45,46)35-22-32(3-2-30(35)23-47)53-15-11-29(12-16-53)39(57)49-37-7-1-28(24-48-37)26-51-13-9-27(10-14-51)25-52-17-19-54(20-18-52)31-4-5-33-34(21-31)42(60)55(41(33)59)36-6-8-38(56)50-40(36)58/h1-5,7,21-22,24,27,29,36H,6,8-20,25-26H2,(H,48,49,57)(H,50,56,58). The molecule has 0 spiro atoms. The van der Waals surface area contributed by atoms with E-state index in [1.165, 1.54) is 12.1 Å². The predicted octanol–water partition coefficient (Wildman–Crippen LogP) is 4.26. The Morgan fingerprint density at radius 2 is 1.48 bits per heavy atom. The Bertz CT molecular complexity index is 2200. The quantitative estimate of drug-likeness (QED) is 0.297. The number of nitrogens with zero attached hydrogens (tertiary/aromatic N) is 7. The smallest absolute Gasteiger partial charge is 0.371 e. The highest BCUT2D eigenvalue weighted by molar-refractivity contribution is 6.23. The van der Waals surface area contributed by atoms with Gasteiger partial charge in [0, 0.05) is 82.3 Å². The first-order chi connectivity index (χ1) is 28.8. The molecule has 14 nitrogen and oxygen atoms in total. The maximum atomic E-state index is 13.5. The molecular formula is C43H46F3N9O5. The number of piperidine rings is 3. The minimum Gasteiger partial charge on any atom is -0.371 e. The van der Waals surface area contributed by atoms with Crippen molar-refractivity contribution in [2.75, 3.05) is 74.0 Å². The molecule has 2 N–H and O–H groups in total. The Morgan fingerprint density at radius 1 is 0.800 bits per heavy atom. The van der Waals surface area contributed by atoms with E-state index in [-0.39, 0.29) is 30.2 Å². The van der Waals surface area contributed by atoms with E-state index < -0.39 is 47.0 Å². The highest BCUT2D eigenvalue weighted by atomic mass is 19.4. The summed E-state index contributed by atoms with van der Waals surface area (Å²) in [6.45, 7) is 7.89. The molecule has 3 aromatic rings. The number of aromatic nitrogens is 1. The molecule has 5 amide bonds. The minimum atomic E-state index is -4.63. The van der Waals surface area contributed by atoms with E-state index in [0.29, 0.717) is 48.9 Å². The van der Waals surface area contributed by atoms with Gasteiger partial charge < -0.3 is 15.1 Å². The number of carbonyl (C=O) groups excluding carboxylic acids is 5. The van der Waals surface area contributed by atoms with Crippen molar-refractivity contribution in [3.63, 3.8) is 0 Å². The molecule has 0 aliphatic carbocycles. The number of anilines is 3. The highest BCUT2D eigenvalue weighted by Gasteiger charge is 2.45. The first kappa shape index (κ1) is 40.9. The van der Waals surface area contributed by atoms with Crippen molar-refractivity contribution in [3.05, 3.63) is 82.5 Å². The second-order valence-electron chi connectivity index (χ2n) is 16.3. The second-order valence-corrected chi connectivity index (χ2v) is 16.3. The third kappa shape index (κ3) is 8.71. The number of fused-ring (bicyclic) bond motifs is 1. The predicted molar refractivity (Wildman–Crippen MR) is 214 cm³/mol. The van der Waals surface area contributed by atoms with Crippen molar-refractivity contribution < 1.29 is 37.1 Å². The van der Waals surface area contributed by atoms with Crippen molar-refractivity contribution in [3.8, 4) is 6.07 Å². The molecule has 2 aromatic carbocycles. The summed E-state index contributed by atoms with van der Waals surface area (Å²) < 4.78 is 40.4. The van der Waals surface area contributed by atoms with Gasteiger partial charge in [-0.1, -0.05) is 6.07 Å². The van der Waals surface area contributed by atoms with E-state index in [1.807, 2.05) is 17.0 Å². The van der Waals surface area contributed by atoms with Crippen LogP contribution in [-0.4, -0.2) is 114 Å². The molecule has 314 valence electrons. The number of nitrogens with one attached hydrogen (secondary N) is 2. The normalized spacial score (nSPS) is 21.2. The summed E-state index contributed by atoms with van der Waals surface area (Å²) >= 11 is 0.